The highest BCUT2D eigenvalue weighted by Crippen LogP contribution is 2.24. The van der Waals surface area contributed by atoms with Crippen molar-refractivity contribution in [2.45, 2.75) is 20.5 Å². The Kier molecular flexibility index (Phi) is 5.36. The molecule has 1 heterocycles. The van der Waals surface area contributed by atoms with Gasteiger partial charge in [-0.3, -0.25) is 0 Å². The molecule has 0 bridgehead atoms. The van der Waals surface area contributed by atoms with Gasteiger partial charge in [-0.1, -0.05) is 0 Å². The van der Waals surface area contributed by atoms with E-state index in [-0.39, 0.29) is 5.75 Å². The van der Waals surface area contributed by atoms with Crippen LogP contribution in [0.2, 0.25) is 0 Å². The highest BCUT2D eigenvalue weighted by molar-refractivity contribution is 7.80. The Bertz CT molecular complexity index is 1070. The van der Waals surface area contributed by atoms with Gasteiger partial charge < -0.3 is 19.8 Å². The van der Waals surface area contributed by atoms with Crippen LogP contribution in [-0.2, 0) is 0 Å². The molecule has 0 aliphatic carbocycles. The van der Waals surface area contributed by atoms with Crippen LogP contribution in [0.1, 0.15) is 11.1 Å². The van der Waals surface area contributed by atoms with Gasteiger partial charge in [-0.25, -0.2) is 4.79 Å². The first-order valence-corrected chi connectivity index (χ1v) is 8.40. The molecule has 0 saturated carbocycles. The molecule has 2 aromatic carbocycles. The van der Waals surface area contributed by atoms with Crippen LogP contribution >= 0.6 is 12.2 Å². The van der Waals surface area contributed by atoms with E-state index in [1.807, 2.05) is 19.1 Å². The average molecular weight is 390 g/mol. The Morgan fingerprint density at radius 3 is 2.56 bits per heavy atom. The molecule has 3 rings (SSSR count). The highest BCUT2D eigenvalue weighted by Gasteiger charge is 2.08. The lowest BCUT2D eigenvalue weighted by Crippen LogP contribution is -2.19. The van der Waals surface area contributed by atoms with E-state index < -0.39 is 12.2 Å². The SMILES string of the molecule is Cc1cc(OC(F)F)ccc1NC(=S)Nc1ccc2c(C)cc(=O)oc2c1. The second kappa shape index (κ2) is 7.71. The Morgan fingerprint density at radius 2 is 1.85 bits per heavy atom. The largest absolute Gasteiger partial charge is 0.435 e. The molecule has 3 aromatic rings. The normalized spacial score (nSPS) is 10.9. The number of nitrogens with one attached hydrogen (secondary N) is 2. The third kappa shape index (κ3) is 4.59. The number of ether oxygens (including phenoxy) is 1. The van der Waals surface area contributed by atoms with Crippen molar-refractivity contribution in [3.05, 3.63) is 64.0 Å². The van der Waals surface area contributed by atoms with Crippen LogP contribution in [0.25, 0.3) is 11.0 Å². The number of hydrogen-bond acceptors (Lipinski definition) is 4. The molecular weight excluding hydrogens is 374 g/mol. The number of thiocarbonyl (C=S) groups is 1. The maximum absolute atomic E-state index is 12.3. The van der Waals surface area contributed by atoms with Gasteiger partial charge >= 0.3 is 12.2 Å². The summed E-state index contributed by atoms with van der Waals surface area (Å²) in [6, 6.07) is 11.3. The van der Waals surface area contributed by atoms with Crippen molar-refractivity contribution in [2.75, 3.05) is 10.6 Å². The van der Waals surface area contributed by atoms with E-state index >= 15 is 0 Å². The van der Waals surface area contributed by atoms with Crippen molar-refractivity contribution in [1.82, 2.24) is 0 Å². The van der Waals surface area contributed by atoms with Crippen LogP contribution in [0, 0.1) is 13.8 Å². The zero-order valence-electron chi connectivity index (χ0n) is 14.5. The number of alkyl halides is 2. The smallest absolute Gasteiger partial charge is 0.387 e. The van der Waals surface area contributed by atoms with E-state index in [1.54, 1.807) is 19.1 Å². The quantitative estimate of drug-likeness (QED) is 0.492. The molecule has 0 unspecified atom stereocenters. The van der Waals surface area contributed by atoms with Crippen LogP contribution in [-0.4, -0.2) is 11.7 Å². The predicted octanol–water partition coefficient (Wildman–Crippen LogP) is 4.82. The van der Waals surface area contributed by atoms with E-state index in [4.69, 9.17) is 16.6 Å². The van der Waals surface area contributed by atoms with Crippen molar-refractivity contribution in [3.63, 3.8) is 0 Å². The van der Waals surface area contributed by atoms with E-state index in [2.05, 4.69) is 15.4 Å². The van der Waals surface area contributed by atoms with Gasteiger partial charge in [0.1, 0.15) is 11.3 Å². The van der Waals surface area contributed by atoms with E-state index in [9.17, 15) is 13.6 Å². The Labute approximate surface area is 158 Å². The molecule has 0 aliphatic heterocycles. The summed E-state index contributed by atoms with van der Waals surface area (Å²) in [4.78, 5) is 11.5. The molecule has 27 heavy (non-hydrogen) atoms. The van der Waals surface area contributed by atoms with Gasteiger partial charge in [0.25, 0.3) is 0 Å². The molecule has 5 nitrogen and oxygen atoms in total. The first kappa shape index (κ1) is 18.8. The minimum absolute atomic E-state index is 0.0758. The van der Waals surface area contributed by atoms with Crippen LogP contribution in [0.4, 0.5) is 20.2 Å². The van der Waals surface area contributed by atoms with Crippen LogP contribution in [0.3, 0.4) is 0 Å². The molecule has 0 aliphatic rings. The van der Waals surface area contributed by atoms with Gasteiger partial charge in [-0.15, -0.1) is 0 Å². The van der Waals surface area contributed by atoms with Crippen LogP contribution in [0.15, 0.2) is 51.7 Å². The highest BCUT2D eigenvalue weighted by atomic mass is 32.1. The topological polar surface area (TPSA) is 63.5 Å². The van der Waals surface area contributed by atoms with Crippen molar-refractivity contribution in [2.24, 2.45) is 0 Å². The lowest BCUT2D eigenvalue weighted by atomic mass is 10.1. The summed E-state index contributed by atoms with van der Waals surface area (Å²) in [6.07, 6.45) is 0. The van der Waals surface area contributed by atoms with Crippen LogP contribution in [0.5, 0.6) is 5.75 Å². The molecule has 140 valence electrons. The van der Waals surface area contributed by atoms with Gasteiger partial charge in [0.2, 0.25) is 0 Å². The summed E-state index contributed by atoms with van der Waals surface area (Å²) in [6.45, 7) is 0.710. The molecular formula is C19H16F2N2O3S. The minimum Gasteiger partial charge on any atom is -0.435 e. The number of halogens is 2. The lowest BCUT2D eigenvalue weighted by Gasteiger charge is -2.14. The number of rotatable bonds is 4. The number of benzene rings is 2. The molecule has 0 fully saturated rings. The summed E-state index contributed by atoms with van der Waals surface area (Å²) in [5.41, 5.74) is 2.85. The summed E-state index contributed by atoms with van der Waals surface area (Å²) >= 11 is 5.29. The van der Waals surface area contributed by atoms with Gasteiger partial charge in [0.05, 0.1) is 0 Å². The molecule has 2 N–H and O–H groups in total. The Balaban J connectivity index is 1.74. The summed E-state index contributed by atoms with van der Waals surface area (Å²) in [7, 11) is 0. The van der Waals surface area contributed by atoms with Crippen molar-refractivity contribution < 1.29 is 17.9 Å². The number of hydrogen-bond donors (Lipinski definition) is 2. The Hall–Kier alpha value is -3.00. The maximum Gasteiger partial charge on any atom is 0.387 e. The third-order valence-corrected chi connectivity index (χ3v) is 4.08. The lowest BCUT2D eigenvalue weighted by molar-refractivity contribution is -0.0498. The van der Waals surface area contributed by atoms with E-state index in [0.29, 0.717) is 27.6 Å². The predicted molar refractivity (Wildman–Crippen MR) is 105 cm³/mol. The fourth-order valence-electron chi connectivity index (χ4n) is 2.64. The fraction of sp³-hybridized carbons (Fsp3) is 0.158. The third-order valence-electron chi connectivity index (χ3n) is 3.88. The van der Waals surface area contributed by atoms with E-state index in [1.165, 1.54) is 18.2 Å². The molecule has 1 aromatic heterocycles. The monoisotopic (exact) mass is 390 g/mol. The second-order valence-corrected chi connectivity index (χ2v) is 6.30. The van der Waals surface area contributed by atoms with Crippen molar-refractivity contribution >= 4 is 39.7 Å². The molecule has 8 heteroatoms. The number of fused-ring (bicyclic) bond motifs is 1. The van der Waals surface area contributed by atoms with Gasteiger partial charge in [0, 0.05) is 28.9 Å². The zero-order chi connectivity index (χ0) is 19.6. The number of aryl methyl sites for hydroxylation is 2. The van der Waals surface area contributed by atoms with Crippen LogP contribution < -0.4 is 21.0 Å². The van der Waals surface area contributed by atoms with Gasteiger partial charge in [0.15, 0.2) is 5.11 Å². The number of anilines is 2. The molecule has 0 spiro atoms. The van der Waals surface area contributed by atoms with Crippen molar-refractivity contribution in [1.29, 1.82) is 0 Å². The van der Waals surface area contributed by atoms with Gasteiger partial charge in [-0.05, 0) is 67.5 Å². The fourth-order valence-corrected chi connectivity index (χ4v) is 2.87. The molecule has 0 saturated heterocycles. The minimum atomic E-state index is -2.87. The second-order valence-electron chi connectivity index (χ2n) is 5.89. The first-order valence-electron chi connectivity index (χ1n) is 8.00. The summed E-state index contributed by atoms with van der Waals surface area (Å²) in [5, 5.41) is 7.14. The van der Waals surface area contributed by atoms with E-state index in [0.717, 1.165) is 10.9 Å². The zero-order valence-corrected chi connectivity index (χ0v) is 15.3. The molecule has 0 radical (unpaired) electrons. The van der Waals surface area contributed by atoms with Crippen molar-refractivity contribution in [3.8, 4) is 5.75 Å². The summed E-state index contributed by atoms with van der Waals surface area (Å²) in [5.74, 6) is 0.0758. The maximum atomic E-state index is 12.3. The summed E-state index contributed by atoms with van der Waals surface area (Å²) < 4.78 is 34.1. The molecule has 0 amide bonds. The first-order chi connectivity index (χ1) is 12.8. The standard InChI is InChI=1S/C19H16F2N2O3S/c1-10-8-17(24)26-16-9-12(3-5-14(10)16)22-19(27)23-15-6-4-13(7-11(15)2)25-18(20)21/h3-9,18H,1-2H3,(H2,22,23,27). The average Bonchev–Trinajstić information content (AvgIpc) is 2.56. The molecule has 0 atom stereocenters. The van der Waals surface area contributed by atoms with Gasteiger partial charge in [-0.2, -0.15) is 8.78 Å². The Morgan fingerprint density at radius 1 is 1.07 bits per heavy atom.